The molecule has 0 atom stereocenters. The van der Waals surface area contributed by atoms with Crippen molar-refractivity contribution in [1.82, 2.24) is 29.4 Å². The van der Waals surface area contributed by atoms with Gasteiger partial charge in [0.15, 0.2) is 5.69 Å². The summed E-state index contributed by atoms with van der Waals surface area (Å²) in [5.41, 5.74) is 3.63. The first kappa shape index (κ1) is 40.6. The van der Waals surface area contributed by atoms with Gasteiger partial charge in [-0.1, -0.05) is 46.4 Å². The number of benzene rings is 2. The molecule has 0 radical (unpaired) electrons. The number of aromatic nitrogens is 4. The number of ether oxygens (including phenoxy) is 2. The van der Waals surface area contributed by atoms with Gasteiger partial charge in [0.05, 0.1) is 45.7 Å². The van der Waals surface area contributed by atoms with Crippen molar-refractivity contribution in [2.24, 2.45) is 0 Å². The fraction of sp³-hybridized carbons (Fsp3) is 0.400. The van der Waals surface area contributed by atoms with Gasteiger partial charge < -0.3 is 29.1 Å². The molecular weight excluding hydrogens is 879 g/mol. The Hall–Kier alpha value is -3.62. The highest BCUT2D eigenvalue weighted by Gasteiger charge is 2.25. The second-order valence-electron chi connectivity index (χ2n) is 12.2. The SMILES string of the molecule is COc1cc(N2CCN(C(=O)Cn3nc(C#N)c(Cl)c3C)CC2)ccc1Cl.COc1cc(N2CCN(C(=O)Cn3nc(I)c(Cl)c3C)CC2)ccc1Cl. The van der Waals surface area contributed by atoms with Gasteiger partial charge in [0.25, 0.3) is 0 Å². The molecular formula is C35H38Cl4IN9O4. The lowest BCUT2D eigenvalue weighted by Gasteiger charge is -2.36. The van der Waals surface area contributed by atoms with Gasteiger partial charge in [-0.2, -0.15) is 15.5 Å². The summed E-state index contributed by atoms with van der Waals surface area (Å²) >= 11 is 26.4. The second-order valence-corrected chi connectivity index (χ2v) is 14.8. The summed E-state index contributed by atoms with van der Waals surface area (Å²) in [7, 11) is 3.19. The van der Waals surface area contributed by atoms with Gasteiger partial charge in [0.2, 0.25) is 11.8 Å². The maximum absolute atomic E-state index is 12.6. The van der Waals surface area contributed by atoms with Gasteiger partial charge in [0.1, 0.15) is 34.4 Å². The first-order valence-corrected chi connectivity index (χ1v) is 19.2. The molecule has 6 rings (SSSR count). The molecule has 13 nitrogen and oxygen atoms in total. The number of carbonyl (C=O) groups is 2. The number of hydrogen-bond donors (Lipinski definition) is 0. The first-order valence-electron chi connectivity index (χ1n) is 16.6. The number of nitriles is 1. The van der Waals surface area contributed by atoms with Crippen LogP contribution in [0, 0.1) is 28.9 Å². The molecule has 0 saturated carbocycles. The van der Waals surface area contributed by atoms with Crippen LogP contribution in [0.2, 0.25) is 20.1 Å². The first-order chi connectivity index (χ1) is 25.3. The van der Waals surface area contributed by atoms with Gasteiger partial charge >= 0.3 is 0 Å². The molecule has 2 saturated heterocycles. The predicted octanol–water partition coefficient (Wildman–Crippen LogP) is 6.19. The van der Waals surface area contributed by atoms with E-state index in [1.54, 1.807) is 30.7 Å². The molecule has 0 bridgehead atoms. The zero-order valence-corrected chi connectivity index (χ0v) is 34.8. The second kappa shape index (κ2) is 18.1. The van der Waals surface area contributed by atoms with E-state index in [1.165, 1.54) is 4.68 Å². The van der Waals surface area contributed by atoms with E-state index in [2.05, 4.69) is 42.6 Å². The topological polar surface area (TPSA) is 125 Å². The molecule has 0 N–H and O–H groups in total. The molecule has 53 heavy (non-hydrogen) atoms. The van der Waals surface area contributed by atoms with Crippen LogP contribution in [0.25, 0.3) is 0 Å². The van der Waals surface area contributed by atoms with Crippen molar-refractivity contribution in [3.8, 4) is 17.6 Å². The van der Waals surface area contributed by atoms with Crippen molar-refractivity contribution in [3.63, 3.8) is 0 Å². The van der Waals surface area contributed by atoms with Crippen molar-refractivity contribution in [2.45, 2.75) is 26.9 Å². The minimum atomic E-state index is -0.0462. The van der Waals surface area contributed by atoms with E-state index in [4.69, 9.17) is 61.1 Å². The number of methoxy groups -OCH3 is 2. The van der Waals surface area contributed by atoms with E-state index in [0.717, 1.165) is 33.9 Å². The van der Waals surface area contributed by atoms with Gasteiger partial charge in [-0.15, -0.1) is 0 Å². The zero-order chi connectivity index (χ0) is 38.4. The lowest BCUT2D eigenvalue weighted by atomic mass is 10.2. The molecule has 0 unspecified atom stereocenters. The average molecular weight is 917 g/mol. The quantitative estimate of drug-likeness (QED) is 0.191. The highest BCUT2D eigenvalue weighted by Crippen LogP contribution is 2.31. The Morgan fingerprint density at radius 2 is 1.13 bits per heavy atom. The third-order valence-electron chi connectivity index (χ3n) is 9.17. The van der Waals surface area contributed by atoms with Crippen LogP contribution in [-0.2, 0) is 22.7 Å². The summed E-state index contributed by atoms with van der Waals surface area (Å²) in [6, 6.07) is 13.3. The smallest absolute Gasteiger partial charge is 0.244 e. The molecule has 2 aliphatic rings. The highest BCUT2D eigenvalue weighted by atomic mass is 127. The largest absolute Gasteiger partial charge is 0.495 e. The van der Waals surface area contributed by atoms with Crippen molar-refractivity contribution < 1.29 is 19.1 Å². The number of hydrogen-bond acceptors (Lipinski definition) is 9. The van der Waals surface area contributed by atoms with Crippen LogP contribution in [0.15, 0.2) is 36.4 Å². The molecule has 282 valence electrons. The fourth-order valence-corrected chi connectivity index (χ4v) is 7.32. The third-order valence-corrected chi connectivity index (χ3v) is 11.8. The van der Waals surface area contributed by atoms with Crippen LogP contribution in [0.1, 0.15) is 17.1 Å². The van der Waals surface area contributed by atoms with Crippen molar-refractivity contribution in [2.75, 3.05) is 76.4 Å². The zero-order valence-electron chi connectivity index (χ0n) is 29.6. The van der Waals surface area contributed by atoms with E-state index in [-0.39, 0.29) is 30.6 Å². The van der Waals surface area contributed by atoms with Crippen LogP contribution in [0.4, 0.5) is 11.4 Å². The minimum absolute atomic E-state index is 0.0462. The molecule has 2 aromatic heterocycles. The Bertz CT molecular complexity index is 2000. The van der Waals surface area contributed by atoms with Crippen LogP contribution >= 0.6 is 69.0 Å². The molecule has 2 fully saturated rings. The Labute approximate surface area is 341 Å². The normalized spacial score (nSPS) is 14.4. The van der Waals surface area contributed by atoms with Crippen molar-refractivity contribution >= 4 is 92.2 Å². The number of nitrogens with zero attached hydrogens (tertiary/aromatic N) is 9. The number of carbonyl (C=O) groups excluding carboxylic acids is 2. The Kier molecular flexibility index (Phi) is 13.9. The molecule has 18 heteroatoms. The lowest BCUT2D eigenvalue weighted by molar-refractivity contribution is -0.133. The standard InChI is InChI=1S/C18H19Cl2N5O2.C17H19Cl2IN4O2/c1-12-18(20)15(10-21)22-25(12)11-17(26)24-7-5-23(6-8-24)13-3-4-14(19)16(9-13)27-2;1-11-16(19)17(20)21-24(11)10-15(25)23-7-5-22(6-8-23)12-3-4-13(18)14(9-12)26-2/h3-4,9H,5-8,11H2,1-2H3;3-4,9H,5-8,10H2,1-2H3. The number of halogens is 5. The van der Waals surface area contributed by atoms with Gasteiger partial charge in [-0.3, -0.25) is 19.0 Å². The maximum atomic E-state index is 12.6. The van der Waals surface area contributed by atoms with Crippen molar-refractivity contribution in [3.05, 3.63) is 77.3 Å². The van der Waals surface area contributed by atoms with Crippen LogP contribution in [0.3, 0.4) is 0 Å². The Morgan fingerprint density at radius 1 is 0.717 bits per heavy atom. The third kappa shape index (κ3) is 9.55. The maximum Gasteiger partial charge on any atom is 0.244 e. The van der Waals surface area contributed by atoms with Gasteiger partial charge in [0, 0.05) is 75.9 Å². The summed E-state index contributed by atoms with van der Waals surface area (Å²) in [4.78, 5) is 33.3. The summed E-state index contributed by atoms with van der Waals surface area (Å²) in [6.07, 6.45) is 0. The minimum Gasteiger partial charge on any atom is -0.495 e. The molecule has 2 aromatic carbocycles. The highest BCUT2D eigenvalue weighted by molar-refractivity contribution is 14.1. The number of piperazine rings is 2. The summed E-state index contributed by atoms with van der Waals surface area (Å²) in [5.74, 6) is 1.29. The molecule has 4 heterocycles. The summed E-state index contributed by atoms with van der Waals surface area (Å²) in [5, 5.41) is 19.5. The number of rotatable bonds is 8. The van der Waals surface area contributed by atoms with E-state index in [9.17, 15) is 9.59 Å². The van der Waals surface area contributed by atoms with Crippen LogP contribution in [0.5, 0.6) is 11.5 Å². The van der Waals surface area contributed by atoms with E-state index >= 15 is 0 Å². The van der Waals surface area contributed by atoms with E-state index in [0.29, 0.717) is 76.6 Å². The Morgan fingerprint density at radius 3 is 1.49 bits per heavy atom. The fourth-order valence-electron chi connectivity index (χ4n) is 5.97. The summed E-state index contributed by atoms with van der Waals surface area (Å²) in [6.45, 7) is 9.35. The van der Waals surface area contributed by atoms with Gasteiger partial charge in [-0.05, 0) is 60.7 Å². The van der Waals surface area contributed by atoms with Crippen LogP contribution in [-0.4, -0.2) is 108 Å². The van der Waals surface area contributed by atoms with E-state index in [1.807, 2.05) is 54.3 Å². The van der Waals surface area contributed by atoms with E-state index < -0.39 is 0 Å². The Balaban J connectivity index is 0.000000204. The average Bonchev–Trinajstić information content (AvgIpc) is 3.58. The molecule has 0 aliphatic carbocycles. The molecule has 2 amide bonds. The molecule has 4 aromatic rings. The summed E-state index contributed by atoms with van der Waals surface area (Å²) < 4.78 is 14.4. The van der Waals surface area contributed by atoms with Crippen molar-refractivity contribution in [1.29, 1.82) is 5.26 Å². The predicted molar refractivity (Wildman–Crippen MR) is 215 cm³/mol. The lowest BCUT2D eigenvalue weighted by Crippen LogP contribution is -2.49. The molecule has 2 aliphatic heterocycles. The monoisotopic (exact) mass is 915 g/mol. The molecule has 0 spiro atoms. The number of anilines is 2. The van der Waals surface area contributed by atoms with Gasteiger partial charge in [-0.25, -0.2) is 0 Å². The van der Waals surface area contributed by atoms with Crippen LogP contribution < -0.4 is 19.3 Å². The number of amides is 2.